The van der Waals surface area contributed by atoms with E-state index in [4.69, 9.17) is 0 Å². The average Bonchev–Trinajstić information content (AvgIpc) is 2.55. The van der Waals surface area contributed by atoms with Crippen LogP contribution in [0.1, 0.15) is 51.0 Å². The van der Waals surface area contributed by atoms with Crippen LogP contribution in [0.25, 0.3) is 0 Å². The number of amides is 1. The van der Waals surface area contributed by atoms with Crippen molar-refractivity contribution in [2.24, 2.45) is 0 Å². The second kappa shape index (κ2) is 8.51. The van der Waals surface area contributed by atoms with E-state index < -0.39 is 10.0 Å². The van der Waals surface area contributed by atoms with Gasteiger partial charge in [-0.1, -0.05) is 44.4 Å². The van der Waals surface area contributed by atoms with E-state index in [2.05, 4.69) is 5.32 Å². The number of hydrogen-bond acceptors (Lipinski definition) is 3. The lowest BCUT2D eigenvalue weighted by molar-refractivity contribution is -0.121. The molecule has 1 fully saturated rings. The maximum atomic E-state index is 12.2. The van der Waals surface area contributed by atoms with Crippen molar-refractivity contribution in [3.63, 3.8) is 0 Å². The molecule has 1 aliphatic carbocycles. The van der Waals surface area contributed by atoms with Gasteiger partial charge in [-0.2, -0.15) is 0 Å². The molecular formula is C18H28N2O3S. The smallest absolute Gasteiger partial charge is 0.232 e. The zero-order chi connectivity index (χ0) is 17.6. The Morgan fingerprint density at radius 3 is 2.50 bits per heavy atom. The van der Waals surface area contributed by atoms with Gasteiger partial charge in [0.2, 0.25) is 15.9 Å². The minimum Gasteiger partial charge on any atom is -0.353 e. The summed E-state index contributed by atoms with van der Waals surface area (Å²) in [5.41, 5.74) is 1.64. The summed E-state index contributed by atoms with van der Waals surface area (Å²) >= 11 is 0. The maximum Gasteiger partial charge on any atom is 0.232 e. The number of carbonyl (C=O) groups is 1. The molecule has 2 rings (SSSR count). The van der Waals surface area contributed by atoms with Crippen molar-refractivity contribution in [1.29, 1.82) is 0 Å². The Bertz CT molecular complexity index is 652. The Morgan fingerprint density at radius 1 is 1.21 bits per heavy atom. The molecule has 0 saturated heterocycles. The van der Waals surface area contributed by atoms with E-state index in [1.807, 2.05) is 25.1 Å². The van der Waals surface area contributed by atoms with Crippen LogP contribution in [0.2, 0.25) is 0 Å². The first kappa shape index (κ1) is 18.8. The first-order valence-corrected chi connectivity index (χ1v) is 10.6. The third kappa shape index (κ3) is 5.23. The number of carbonyl (C=O) groups excluding carboxylic acids is 1. The van der Waals surface area contributed by atoms with Crippen LogP contribution in [-0.2, 0) is 21.2 Å². The van der Waals surface area contributed by atoms with Crippen LogP contribution in [0.4, 0.5) is 5.69 Å². The number of benzene rings is 1. The van der Waals surface area contributed by atoms with Crippen LogP contribution in [0, 0.1) is 0 Å². The quantitative estimate of drug-likeness (QED) is 0.820. The molecule has 6 heteroatoms. The van der Waals surface area contributed by atoms with Crippen LogP contribution in [-0.4, -0.2) is 33.2 Å². The Morgan fingerprint density at radius 2 is 1.88 bits per heavy atom. The first-order chi connectivity index (χ1) is 11.4. The fourth-order valence-electron chi connectivity index (χ4n) is 3.27. The molecule has 0 bridgehead atoms. The molecule has 24 heavy (non-hydrogen) atoms. The van der Waals surface area contributed by atoms with Gasteiger partial charge in [-0.3, -0.25) is 9.10 Å². The summed E-state index contributed by atoms with van der Waals surface area (Å²) in [5, 5.41) is 3.05. The standard InChI is InChI=1S/C18H28N2O3S/c1-3-15-9-7-8-12-17(15)20(24(2,22)23)14-13-18(21)19-16-10-5-4-6-11-16/h7-9,12,16H,3-6,10-11,13-14H2,1-2H3,(H,19,21). The van der Waals surface area contributed by atoms with E-state index in [0.717, 1.165) is 37.7 Å². The highest BCUT2D eigenvalue weighted by molar-refractivity contribution is 7.92. The molecule has 0 spiro atoms. The maximum absolute atomic E-state index is 12.2. The van der Waals surface area contributed by atoms with E-state index in [0.29, 0.717) is 5.69 Å². The molecule has 0 aliphatic heterocycles. The molecule has 1 N–H and O–H groups in total. The highest BCUT2D eigenvalue weighted by Gasteiger charge is 2.22. The van der Waals surface area contributed by atoms with Crippen molar-refractivity contribution in [3.05, 3.63) is 29.8 Å². The summed E-state index contributed by atoms with van der Waals surface area (Å²) in [4.78, 5) is 12.2. The molecule has 0 atom stereocenters. The molecule has 1 amide bonds. The highest BCUT2D eigenvalue weighted by atomic mass is 32.2. The van der Waals surface area contributed by atoms with Gasteiger partial charge in [0.05, 0.1) is 11.9 Å². The average molecular weight is 353 g/mol. The molecule has 0 heterocycles. The van der Waals surface area contributed by atoms with Gasteiger partial charge < -0.3 is 5.32 Å². The van der Waals surface area contributed by atoms with E-state index in [1.165, 1.54) is 17.0 Å². The van der Waals surface area contributed by atoms with Gasteiger partial charge in [0, 0.05) is 19.0 Å². The van der Waals surface area contributed by atoms with E-state index in [9.17, 15) is 13.2 Å². The van der Waals surface area contributed by atoms with Gasteiger partial charge in [0.1, 0.15) is 0 Å². The summed E-state index contributed by atoms with van der Waals surface area (Å²) in [6, 6.07) is 7.71. The molecule has 1 aromatic rings. The number of sulfonamides is 1. The third-order valence-corrected chi connectivity index (χ3v) is 5.73. The van der Waals surface area contributed by atoms with E-state index >= 15 is 0 Å². The van der Waals surface area contributed by atoms with Crippen LogP contribution in [0.5, 0.6) is 0 Å². The van der Waals surface area contributed by atoms with Crippen molar-refractivity contribution in [1.82, 2.24) is 5.32 Å². The summed E-state index contributed by atoms with van der Waals surface area (Å²) in [6.45, 7) is 2.17. The zero-order valence-corrected chi connectivity index (χ0v) is 15.4. The zero-order valence-electron chi connectivity index (χ0n) is 14.6. The van der Waals surface area contributed by atoms with E-state index in [1.54, 1.807) is 6.07 Å². The van der Waals surface area contributed by atoms with Crippen molar-refractivity contribution in [2.45, 2.75) is 57.9 Å². The summed E-state index contributed by atoms with van der Waals surface area (Å²) < 4.78 is 25.7. The number of nitrogens with one attached hydrogen (secondary N) is 1. The number of para-hydroxylation sites is 1. The third-order valence-electron chi connectivity index (χ3n) is 4.55. The molecule has 5 nitrogen and oxygen atoms in total. The summed E-state index contributed by atoms with van der Waals surface area (Å²) in [5.74, 6) is -0.0653. The van der Waals surface area contributed by atoms with Gasteiger partial charge in [-0.25, -0.2) is 8.42 Å². The van der Waals surface area contributed by atoms with Crippen molar-refractivity contribution >= 4 is 21.6 Å². The fraction of sp³-hybridized carbons (Fsp3) is 0.611. The number of anilines is 1. The normalized spacial score (nSPS) is 15.9. The predicted octanol–water partition coefficient (Wildman–Crippen LogP) is 2.85. The number of rotatable bonds is 7. The van der Waals surface area contributed by atoms with Crippen molar-refractivity contribution < 1.29 is 13.2 Å². The van der Waals surface area contributed by atoms with Crippen molar-refractivity contribution in [3.8, 4) is 0 Å². The Hall–Kier alpha value is -1.56. The minimum atomic E-state index is -3.43. The minimum absolute atomic E-state index is 0.0653. The highest BCUT2D eigenvalue weighted by Crippen LogP contribution is 2.24. The Kier molecular flexibility index (Phi) is 6.66. The van der Waals surface area contributed by atoms with Crippen LogP contribution >= 0.6 is 0 Å². The second-order valence-corrected chi connectivity index (χ2v) is 8.38. The second-order valence-electron chi connectivity index (χ2n) is 6.47. The summed E-state index contributed by atoms with van der Waals surface area (Å²) in [6.07, 6.45) is 7.73. The van der Waals surface area contributed by atoms with Crippen LogP contribution in [0.3, 0.4) is 0 Å². The first-order valence-electron chi connectivity index (χ1n) is 8.76. The number of hydrogen-bond donors (Lipinski definition) is 1. The fourth-order valence-corrected chi connectivity index (χ4v) is 4.23. The monoisotopic (exact) mass is 352 g/mol. The predicted molar refractivity (Wildman–Crippen MR) is 97.6 cm³/mol. The lowest BCUT2D eigenvalue weighted by Gasteiger charge is -2.26. The SMILES string of the molecule is CCc1ccccc1N(CCC(=O)NC1CCCCC1)S(C)(=O)=O. The van der Waals surface area contributed by atoms with E-state index in [-0.39, 0.29) is 24.9 Å². The van der Waals surface area contributed by atoms with Gasteiger partial charge in [0.25, 0.3) is 0 Å². The molecule has 0 unspecified atom stereocenters. The van der Waals surface area contributed by atoms with Gasteiger partial charge in [-0.15, -0.1) is 0 Å². The molecule has 1 aliphatic rings. The molecule has 1 aromatic carbocycles. The lowest BCUT2D eigenvalue weighted by Crippen LogP contribution is -2.39. The Labute approximate surface area is 145 Å². The molecular weight excluding hydrogens is 324 g/mol. The Balaban J connectivity index is 2.03. The van der Waals surface area contributed by atoms with Crippen LogP contribution in [0.15, 0.2) is 24.3 Å². The molecule has 1 saturated carbocycles. The number of nitrogens with zero attached hydrogens (tertiary/aromatic N) is 1. The lowest BCUT2D eigenvalue weighted by atomic mass is 9.95. The van der Waals surface area contributed by atoms with Gasteiger partial charge >= 0.3 is 0 Å². The summed E-state index contributed by atoms with van der Waals surface area (Å²) in [7, 11) is -3.43. The van der Waals surface area contributed by atoms with Gasteiger partial charge in [0.15, 0.2) is 0 Å². The topological polar surface area (TPSA) is 66.5 Å². The molecule has 134 valence electrons. The molecule has 0 radical (unpaired) electrons. The van der Waals surface area contributed by atoms with Crippen LogP contribution < -0.4 is 9.62 Å². The van der Waals surface area contributed by atoms with Gasteiger partial charge in [-0.05, 0) is 30.9 Å². The number of aryl methyl sites for hydroxylation is 1. The largest absolute Gasteiger partial charge is 0.353 e. The molecule has 0 aromatic heterocycles. The van der Waals surface area contributed by atoms with Crippen molar-refractivity contribution in [2.75, 3.05) is 17.1 Å².